The minimum atomic E-state index is -3.87. The van der Waals surface area contributed by atoms with Crippen LogP contribution in [0.5, 0.6) is 5.88 Å². The van der Waals surface area contributed by atoms with E-state index in [0.717, 1.165) is 13.8 Å². The number of carbonyl (C=O) groups excluding carboxylic acids is 2. The lowest BCUT2D eigenvalue weighted by Gasteiger charge is -2.39. The standard InChI is InChI=1S/C9H7N2O8P/c1-3(12)10-6(14)5-7(11(4(2)13)9(10)15)17-20(16)18-8(5)19-20/h8H,1-2H3. The topological polar surface area (TPSA) is 123 Å². The lowest BCUT2D eigenvalue weighted by Crippen LogP contribution is -2.49. The maximum absolute atomic E-state index is 12.1. The van der Waals surface area contributed by atoms with Crippen molar-refractivity contribution in [1.82, 2.24) is 9.13 Å². The van der Waals surface area contributed by atoms with E-state index in [0.29, 0.717) is 4.57 Å². The number of rotatable bonds is 0. The lowest BCUT2D eigenvalue weighted by atomic mass is 10.3. The molecule has 3 aliphatic heterocycles. The Labute approximate surface area is 110 Å². The number of aromatic nitrogens is 2. The Morgan fingerprint density at radius 2 is 1.65 bits per heavy atom. The highest BCUT2D eigenvalue weighted by atomic mass is 31.2. The van der Waals surface area contributed by atoms with Crippen molar-refractivity contribution in [2.75, 3.05) is 0 Å². The molecule has 1 aromatic rings. The third-order valence-corrected chi connectivity index (χ3v) is 4.06. The first-order valence-electron chi connectivity index (χ1n) is 5.35. The van der Waals surface area contributed by atoms with Gasteiger partial charge in [-0.25, -0.2) is 18.4 Å². The molecule has 106 valence electrons. The van der Waals surface area contributed by atoms with E-state index in [2.05, 4.69) is 0 Å². The number of hydrogen-bond acceptors (Lipinski definition) is 8. The van der Waals surface area contributed by atoms with Crippen LogP contribution in [0.3, 0.4) is 0 Å². The normalized spacial score (nSPS) is 26.2. The SMILES string of the molecule is CC(=O)n1c2c(c(=O)n(C(C)=O)c1=O)C1OP(=O)(O2)O1. The molecule has 1 fully saturated rings. The van der Waals surface area contributed by atoms with Crippen molar-refractivity contribution < 1.29 is 27.7 Å². The smallest absolute Gasteiger partial charge is 0.386 e. The fourth-order valence-corrected chi connectivity index (χ4v) is 3.12. The zero-order chi connectivity index (χ0) is 14.8. The highest BCUT2D eigenvalue weighted by Crippen LogP contribution is 2.69. The Bertz CT molecular complexity index is 824. The monoisotopic (exact) mass is 302 g/mol. The number of phosphoric ester groups is 1. The highest BCUT2D eigenvalue weighted by Gasteiger charge is 2.56. The summed E-state index contributed by atoms with van der Waals surface area (Å²) in [7, 11) is -3.87. The van der Waals surface area contributed by atoms with E-state index in [1.165, 1.54) is 0 Å². The first-order valence-corrected chi connectivity index (χ1v) is 6.81. The second-order valence-electron chi connectivity index (χ2n) is 4.10. The van der Waals surface area contributed by atoms with Crippen LogP contribution in [0.15, 0.2) is 9.59 Å². The Balaban J connectivity index is 2.46. The van der Waals surface area contributed by atoms with Crippen LogP contribution in [-0.2, 0) is 13.6 Å². The van der Waals surface area contributed by atoms with Crippen molar-refractivity contribution in [1.29, 1.82) is 0 Å². The maximum Gasteiger partial charge on any atom is 0.536 e. The van der Waals surface area contributed by atoms with Gasteiger partial charge in [0.15, 0.2) is 0 Å². The van der Waals surface area contributed by atoms with Gasteiger partial charge in [0, 0.05) is 13.8 Å². The van der Waals surface area contributed by atoms with Gasteiger partial charge in [0.25, 0.3) is 5.56 Å². The molecule has 20 heavy (non-hydrogen) atoms. The van der Waals surface area contributed by atoms with Gasteiger partial charge >= 0.3 is 13.5 Å². The molecule has 0 amide bonds. The van der Waals surface area contributed by atoms with Gasteiger partial charge in [-0.2, -0.15) is 9.13 Å². The van der Waals surface area contributed by atoms with Crippen LogP contribution in [0.25, 0.3) is 0 Å². The molecule has 0 saturated carbocycles. The first-order chi connectivity index (χ1) is 9.25. The van der Waals surface area contributed by atoms with Crippen molar-refractivity contribution >= 4 is 19.6 Å². The average molecular weight is 302 g/mol. The van der Waals surface area contributed by atoms with Gasteiger partial charge in [-0.3, -0.25) is 14.4 Å². The molecule has 0 radical (unpaired) electrons. The number of hydrogen-bond donors (Lipinski definition) is 0. The predicted molar refractivity (Wildman–Crippen MR) is 60.7 cm³/mol. The third kappa shape index (κ3) is 1.49. The van der Waals surface area contributed by atoms with Gasteiger partial charge in [0.1, 0.15) is 5.56 Å². The second kappa shape index (κ2) is 3.75. The summed E-state index contributed by atoms with van der Waals surface area (Å²) in [6.07, 6.45) is -1.33. The van der Waals surface area contributed by atoms with Gasteiger partial charge in [0.2, 0.25) is 24.0 Å². The molecule has 10 nitrogen and oxygen atoms in total. The Morgan fingerprint density at radius 1 is 1.10 bits per heavy atom. The van der Waals surface area contributed by atoms with Crippen molar-refractivity contribution in [3.63, 3.8) is 0 Å². The molecule has 0 atom stereocenters. The summed E-state index contributed by atoms with van der Waals surface area (Å²) < 4.78 is 26.6. The van der Waals surface area contributed by atoms with Crippen LogP contribution in [-0.4, -0.2) is 20.9 Å². The predicted octanol–water partition coefficient (Wildman–Crippen LogP) is -0.124. The van der Waals surface area contributed by atoms with E-state index in [4.69, 9.17) is 13.6 Å². The molecule has 11 heteroatoms. The number of phosphoric acid groups is 1. The lowest BCUT2D eigenvalue weighted by molar-refractivity contribution is -0.133. The van der Waals surface area contributed by atoms with E-state index in [1.54, 1.807) is 0 Å². The molecule has 0 aliphatic carbocycles. The molecule has 0 aromatic carbocycles. The minimum absolute atomic E-state index is 0.255. The van der Waals surface area contributed by atoms with E-state index in [-0.39, 0.29) is 10.1 Å². The van der Waals surface area contributed by atoms with Crippen molar-refractivity contribution in [3.05, 3.63) is 26.4 Å². The Morgan fingerprint density at radius 3 is 2.15 bits per heavy atom. The number of nitrogens with zero attached hydrogens (tertiary/aromatic N) is 2. The molecule has 4 rings (SSSR count). The summed E-state index contributed by atoms with van der Waals surface area (Å²) in [5.74, 6) is -2.20. The van der Waals surface area contributed by atoms with Crippen LogP contribution >= 0.6 is 7.82 Å². The van der Waals surface area contributed by atoms with E-state index >= 15 is 0 Å². The van der Waals surface area contributed by atoms with E-state index < -0.39 is 43.1 Å². The highest BCUT2D eigenvalue weighted by molar-refractivity contribution is 7.50. The van der Waals surface area contributed by atoms with E-state index in [9.17, 15) is 23.7 Å². The summed E-state index contributed by atoms with van der Waals surface area (Å²) in [4.78, 5) is 47.0. The first kappa shape index (κ1) is 13.0. The maximum atomic E-state index is 12.1. The molecular weight excluding hydrogens is 295 g/mol. The molecule has 0 unspecified atom stereocenters. The molecule has 2 bridgehead atoms. The summed E-state index contributed by atoms with van der Waals surface area (Å²) in [5.41, 5.74) is -2.58. The van der Waals surface area contributed by atoms with Gasteiger partial charge in [0.05, 0.1) is 0 Å². The fourth-order valence-electron chi connectivity index (χ4n) is 1.95. The Hall–Kier alpha value is -2.03. The molecule has 1 saturated heterocycles. The minimum Gasteiger partial charge on any atom is -0.386 e. The second-order valence-corrected chi connectivity index (χ2v) is 5.60. The van der Waals surface area contributed by atoms with Gasteiger partial charge < -0.3 is 4.52 Å². The molecule has 4 heterocycles. The fraction of sp³-hybridized carbons (Fsp3) is 0.333. The molecule has 0 N–H and O–H groups in total. The van der Waals surface area contributed by atoms with Gasteiger partial charge in [-0.1, -0.05) is 0 Å². The molecule has 1 aromatic heterocycles. The van der Waals surface area contributed by atoms with E-state index in [1.807, 2.05) is 0 Å². The van der Waals surface area contributed by atoms with Crippen molar-refractivity contribution in [3.8, 4) is 5.88 Å². The van der Waals surface area contributed by atoms with Crippen molar-refractivity contribution in [2.45, 2.75) is 20.1 Å². The van der Waals surface area contributed by atoms with Crippen LogP contribution in [0.1, 0.15) is 35.3 Å². The van der Waals surface area contributed by atoms with Crippen molar-refractivity contribution in [2.24, 2.45) is 0 Å². The summed E-state index contributed by atoms with van der Waals surface area (Å²) >= 11 is 0. The number of carbonyl (C=O) groups is 2. The molecule has 3 aliphatic rings. The summed E-state index contributed by atoms with van der Waals surface area (Å²) in [6.45, 7) is 2.01. The third-order valence-electron chi connectivity index (χ3n) is 2.76. The van der Waals surface area contributed by atoms with Gasteiger partial charge in [-0.15, -0.1) is 0 Å². The molecule has 0 spiro atoms. The zero-order valence-electron chi connectivity index (χ0n) is 10.2. The summed E-state index contributed by atoms with van der Waals surface area (Å²) in [6, 6.07) is 0. The van der Waals surface area contributed by atoms with Crippen LogP contribution < -0.4 is 15.8 Å². The average Bonchev–Trinajstić information content (AvgIpc) is 2.24. The summed E-state index contributed by atoms with van der Waals surface area (Å²) in [5, 5.41) is 0. The largest absolute Gasteiger partial charge is 0.536 e. The quantitative estimate of drug-likeness (QED) is 0.607. The van der Waals surface area contributed by atoms with Gasteiger partial charge in [-0.05, 0) is 0 Å². The Kier molecular flexibility index (Phi) is 2.43. The van der Waals surface area contributed by atoms with Crippen LogP contribution in [0.2, 0.25) is 0 Å². The zero-order valence-corrected chi connectivity index (χ0v) is 11.1. The molecular formula is C9H7N2O8P. The van der Waals surface area contributed by atoms with Crippen LogP contribution in [0.4, 0.5) is 0 Å². The van der Waals surface area contributed by atoms with Crippen LogP contribution in [0, 0.1) is 0 Å².